The lowest BCUT2D eigenvalue weighted by Crippen LogP contribution is -2.49. The van der Waals surface area contributed by atoms with E-state index in [0.29, 0.717) is 5.41 Å². The van der Waals surface area contributed by atoms with E-state index in [1.807, 2.05) is 0 Å². The molecule has 0 amide bonds. The van der Waals surface area contributed by atoms with Gasteiger partial charge in [0, 0.05) is 0 Å². The molecule has 3 aliphatic rings. The lowest BCUT2D eigenvalue weighted by molar-refractivity contribution is -0.0312. The van der Waals surface area contributed by atoms with Crippen LogP contribution in [0.5, 0.6) is 0 Å². The molecule has 0 aromatic carbocycles. The van der Waals surface area contributed by atoms with Gasteiger partial charge in [0.15, 0.2) is 0 Å². The maximum atomic E-state index is 2.55. The molecule has 0 saturated heterocycles. The summed E-state index contributed by atoms with van der Waals surface area (Å²) in [6, 6.07) is 0. The highest BCUT2D eigenvalue weighted by molar-refractivity contribution is 5.22. The summed E-state index contributed by atoms with van der Waals surface area (Å²) in [6.07, 6.45) is 20.1. The monoisotopic (exact) mass is 340 g/mol. The summed E-state index contributed by atoms with van der Waals surface area (Å²) in [7, 11) is 0. The minimum absolute atomic E-state index is 0.594. The van der Waals surface area contributed by atoms with Crippen LogP contribution in [0, 0.1) is 17.3 Å². The highest BCUT2D eigenvalue weighted by Crippen LogP contribution is 2.61. The van der Waals surface area contributed by atoms with Crippen LogP contribution in [0.25, 0.3) is 0 Å². The molecule has 0 aliphatic heterocycles. The van der Waals surface area contributed by atoms with Gasteiger partial charge in [-0.25, -0.2) is 0 Å². The zero-order valence-corrected chi connectivity index (χ0v) is 17.6. The molecule has 0 aromatic heterocycles. The smallest absolute Gasteiger partial charge is 0.0146 e. The van der Waals surface area contributed by atoms with E-state index < -0.39 is 0 Å². The van der Waals surface area contributed by atoms with Crippen LogP contribution in [0.3, 0.4) is 0 Å². The van der Waals surface area contributed by atoms with Gasteiger partial charge in [-0.1, -0.05) is 53.5 Å². The Kier molecular flexibility index (Phi) is 7.35. The Morgan fingerprint density at radius 2 is 1.60 bits per heavy atom. The van der Waals surface area contributed by atoms with Crippen molar-refractivity contribution in [1.82, 2.24) is 0 Å². The van der Waals surface area contributed by atoms with Gasteiger partial charge in [-0.3, -0.25) is 0 Å². The lowest BCUT2D eigenvalue weighted by Gasteiger charge is -2.58. The SMILES string of the molecule is CC(C)=CCCC(C)=CCCC(C)=CCCC1(C)C2CC=C(C)C1C2. The van der Waals surface area contributed by atoms with Crippen molar-refractivity contribution in [3.8, 4) is 0 Å². The maximum Gasteiger partial charge on any atom is -0.0146 e. The molecule has 0 N–H and O–H groups in total. The third kappa shape index (κ3) is 5.47. The highest BCUT2D eigenvalue weighted by atomic mass is 14.6. The fourth-order valence-electron chi connectivity index (χ4n) is 4.84. The fourth-order valence-corrected chi connectivity index (χ4v) is 4.84. The molecule has 0 heteroatoms. The van der Waals surface area contributed by atoms with Crippen molar-refractivity contribution in [2.45, 2.75) is 92.9 Å². The molecule has 3 unspecified atom stereocenters. The molecular weight excluding hydrogens is 300 g/mol. The Labute approximate surface area is 157 Å². The number of hydrogen-bond donors (Lipinski definition) is 0. The summed E-state index contributed by atoms with van der Waals surface area (Å²) in [5.74, 6) is 1.84. The normalized spacial score (nSPS) is 29.1. The van der Waals surface area contributed by atoms with Gasteiger partial charge in [0.2, 0.25) is 0 Å². The summed E-state index contributed by atoms with van der Waals surface area (Å²) in [5.41, 5.74) is 6.81. The minimum Gasteiger partial charge on any atom is -0.0856 e. The van der Waals surface area contributed by atoms with Crippen molar-refractivity contribution in [2.24, 2.45) is 17.3 Å². The molecule has 3 atom stereocenters. The minimum atomic E-state index is 0.594. The van der Waals surface area contributed by atoms with Crippen molar-refractivity contribution in [3.05, 3.63) is 46.6 Å². The van der Waals surface area contributed by atoms with Crippen LogP contribution in [-0.4, -0.2) is 0 Å². The van der Waals surface area contributed by atoms with Gasteiger partial charge in [0.1, 0.15) is 0 Å². The molecular formula is C25H40. The van der Waals surface area contributed by atoms with E-state index in [-0.39, 0.29) is 0 Å². The van der Waals surface area contributed by atoms with E-state index >= 15 is 0 Å². The molecule has 1 fully saturated rings. The molecule has 1 saturated carbocycles. The van der Waals surface area contributed by atoms with Crippen LogP contribution in [0.2, 0.25) is 0 Å². The van der Waals surface area contributed by atoms with Gasteiger partial charge < -0.3 is 0 Å². The van der Waals surface area contributed by atoms with Gasteiger partial charge in [0.05, 0.1) is 0 Å². The van der Waals surface area contributed by atoms with Gasteiger partial charge in [-0.05, 0) is 103 Å². The number of hydrogen-bond acceptors (Lipinski definition) is 0. The van der Waals surface area contributed by atoms with Crippen LogP contribution < -0.4 is 0 Å². The quantitative estimate of drug-likeness (QED) is 0.371. The molecule has 0 heterocycles. The van der Waals surface area contributed by atoms with Gasteiger partial charge >= 0.3 is 0 Å². The predicted molar refractivity (Wildman–Crippen MR) is 113 cm³/mol. The van der Waals surface area contributed by atoms with Crippen molar-refractivity contribution < 1.29 is 0 Å². The highest BCUT2D eigenvalue weighted by Gasteiger charge is 2.52. The van der Waals surface area contributed by atoms with E-state index in [0.717, 1.165) is 11.8 Å². The first-order valence-corrected chi connectivity index (χ1v) is 10.4. The third-order valence-corrected chi connectivity index (χ3v) is 6.82. The molecule has 0 nitrogen and oxygen atoms in total. The van der Waals surface area contributed by atoms with Crippen LogP contribution in [0.1, 0.15) is 92.9 Å². The first kappa shape index (κ1) is 20.3. The van der Waals surface area contributed by atoms with Gasteiger partial charge in [-0.2, -0.15) is 0 Å². The topological polar surface area (TPSA) is 0 Å². The molecule has 0 radical (unpaired) electrons. The van der Waals surface area contributed by atoms with Crippen molar-refractivity contribution in [3.63, 3.8) is 0 Å². The van der Waals surface area contributed by atoms with Crippen molar-refractivity contribution in [2.75, 3.05) is 0 Å². The van der Waals surface area contributed by atoms with E-state index in [2.05, 4.69) is 65.8 Å². The van der Waals surface area contributed by atoms with Crippen molar-refractivity contribution >= 4 is 0 Å². The number of allylic oxidation sites excluding steroid dienone is 8. The maximum absolute atomic E-state index is 2.55. The first-order chi connectivity index (χ1) is 11.8. The molecule has 25 heavy (non-hydrogen) atoms. The second-order valence-corrected chi connectivity index (χ2v) is 9.17. The second kappa shape index (κ2) is 9.06. The van der Waals surface area contributed by atoms with Crippen LogP contribution >= 0.6 is 0 Å². The zero-order valence-electron chi connectivity index (χ0n) is 17.6. The molecule has 3 aliphatic carbocycles. The molecule has 140 valence electrons. The Morgan fingerprint density at radius 1 is 1.00 bits per heavy atom. The molecule has 0 spiro atoms. The Balaban J connectivity index is 1.69. The summed E-state index contributed by atoms with van der Waals surface area (Å²) >= 11 is 0. The third-order valence-electron chi connectivity index (χ3n) is 6.82. The molecule has 3 rings (SSSR count). The van der Waals surface area contributed by atoms with Crippen LogP contribution in [-0.2, 0) is 0 Å². The van der Waals surface area contributed by atoms with Crippen LogP contribution in [0.4, 0.5) is 0 Å². The Morgan fingerprint density at radius 3 is 2.16 bits per heavy atom. The summed E-state index contributed by atoms with van der Waals surface area (Å²) < 4.78 is 0. The van der Waals surface area contributed by atoms with Gasteiger partial charge in [-0.15, -0.1) is 0 Å². The predicted octanol–water partition coefficient (Wildman–Crippen LogP) is 8.18. The fraction of sp³-hybridized carbons (Fsp3) is 0.680. The summed E-state index contributed by atoms with van der Waals surface area (Å²) in [4.78, 5) is 0. The average molecular weight is 341 g/mol. The molecule has 2 bridgehead atoms. The van der Waals surface area contributed by atoms with E-state index in [4.69, 9.17) is 0 Å². The first-order valence-electron chi connectivity index (χ1n) is 10.4. The zero-order chi connectivity index (χ0) is 18.4. The lowest BCUT2D eigenvalue weighted by atomic mass is 9.47. The van der Waals surface area contributed by atoms with E-state index in [9.17, 15) is 0 Å². The average Bonchev–Trinajstić information content (AvgIpc) is 2.54. The number of fused-ring (bicyclic) bond motifs is 1. The largest absolute Gasteiger partial charge is 0.0856 e. The Bertz CT molecular complexity index is 565. The standard InChI is InChI=1S/C25H40/c1-19(2)10-7-11-20(3)12-8-13-21(4)14-9-17-25(6)23-16-15-22(5)24(25)18-23/h10,12,14-15,23-24H,7-9,11,13,16-18H2,1-6H3. The van der Waals surface area contributed by atoms with Crippen molar-refractivity contribution in [1.29, 1.82) is 0 Å². The Hall–Kier alpha value is -1.04. The summed E-state index contributed by atoms with van der Waals surface area (Å²) in [5, 5.41) is 0. The number of rotatable bonds is 9. The van der Waals surface area contributed by atoms with E-state index in [1.165, 1.54) is 56.9 Å². The summed E-state index contributed by atoms with van der Waals surface area (Å²) in [6.45, 7) is 13.9. The second-order valence-electron chi connectivity index (χ2n) is 9.17. The van der Waals surface area contributed by atoms with E-state index in [1.54, 1.807) is 16.7 Å². The van der Waals surface area contributed by atoms with Crippen LogP contribution in [0.15, 0.2) is 46.6 Å². The van der Waals surface area contributed by atoms with Gasteiger partial charge in [0.25, 0.3) is 0 Å². The molecule has 0 aromatic rings.